The molecule has 0 fully saturated rings. The lowest BCUT2D eigenvalue weighted by Gasteiger charge is -2.26. The zero-order valence-corrected chi connectivity index (χ0v) is 21.2. The number of methoxy groups -OCH3 is 1. The van der Waals surface area contributed by atoms with Crippen molar-refractivity contribution < 1.29 is 23.4 Å². The minimum absolute atomic E-state index is 0.0109. The van der Waals surface area contributed by atoms with Gasteiger partial charge in [-0.25, -0.2) is 13.8 Å². The number of hydrogen-bond acceptors (Lipinski definition) is 4. The number of anilines is 1. The number of benzene rings is 2. The van der Waals surface area contributed by atoms with Crippen LogP contribution in [0.5, 0.6) is 11.6 Å². The van der Waals surface area contributed by atoms with Crippen molar-refractivity contribution in [1.29, 1.82) is 0 Å². The van der Waals surface area contributed by atoms with Crippen molar-refractivity contribution in [3.05, 3.63) is 99.5 Å². The normalized spacial score (nSPS) is 14.0. The quantitative estimate of drug-likeness (QED) is 0.428. The zero-order chi connectivity index (χ0) is 27.3. The average Bonchev–Trinajstić information content (AvgIpc) is 3.12. The molecule has 0 radical (unpaired) electrons. The van der Waals surface area contributed by atoms with E-state index in [-0.39, 0.29) is 18.1 Å². The number of ether oxygens (including phenoxy) is 1. The van der Waals surface area contributed by atoms with Crippen LogP contribution in [0.25, 0.3) is 29.1 Å². The Morgan fingerprint density at radius 1 is 1.10 bits per heavy atom. The van der Waals surface area contributed by atoms with Gasteiger partial charge in [0.2, 0.25) is 0 Å². The Morgan fingerprint density at radius 2 is 1.87 bits per heavy atom. The fourth-order valence-corrected chi connectivity index (χ4v) is 5.23. The van der Waals surface area contributed by atoms with Gasteiger partial charge in [0, 0.05) is 47.2 Å². The van der Waals surface area contributed by atoms with Crippen LogP contribution in [0.3, 0.4) is 0 Å². The van der Waals surface area contributed by atoms with E-state index in [0.717, 1.165) is 22.0 Å². The standard InChI is InChI=1S/C30H24F2N4O3/c1-35-13-11-22(33-26(37)16-17-15-19(32)5-10-25(17)39-2)21-8-9-24-27-23(34-30(38)28(27)29(21)35)12-14-36(24)20-6-3-18(31)4-7-20/h3-13,15,34,38H,14,16H2,1-2H3. The number of amides is 1. The van der Waals surface area contributed by atoms with Gasteiger partial charge in [-0.15, -0.1) is 0 Å². The Hall–Kier alpha value is -4.92. The number of carbonyl (C=O) groups is 1. The van der Waals surface area contributed by atoms with Gasteiger partial charge in [-0.05, 0) is 66.8 Å². The summed E-state index contributed by atoms with van der Waals surface area (Å²) in [6.07, 6.45) is 7.38. The molecule has 0 unspecified atom stereocenters. The summed E-state index contributed by atoms with van der Waals surface area (Å²) in [5, 5.41) is 13.0. The van der Waals surface area contributed by atoms with Crippen LogP contribution in [-0.4, -0.2) is 34.2 Å². The number of aromatic nitrogens is 2. The van der Waals surface area contributed by atoms with E-state index in [0.29, 0.717) is 40.0 Å². The second-order valence-corrected chi connectivity index (χ2v) is 9.36. The molecule has 2 aliphatic rings. The molecule has 0 saturated carbocycles. The largest absolute Gasteiger partial charge is 0.496 e. The SMILES string of the molecule is COc1ccc(F)cc1CC(=O)N=c1ccn(C)c2c1C=CC1=c3c-2c(O)[nH]c3=CCN1c1ccc(F)cc1. The number of rotatable bonds is 4. The summed E-state index contributed by atoms with van der Waals surface area (Å²) < 4.78 is 34.6. The van der Waals surface area contributed by atoms with E-state index in [1.807, 2.05) is 34.7 Å². The predicted octanol–water partition coefficient (Wildman–Crippen LogP) is 3.12. The molecule has 9 heteroatoms. The molecule has 1 aliphatic carbocycles. The van der Waals surface area contributed by atoms with Gasteiger partial charge in [-0.1, -0.05) is 0 Å². The maximum Gasteiger partial charge on any atom is 0.250 e. The molecule has 2 N–H and O–H groups in total. The number of hydrogen-bond donors (Lipinski definition) is 2. The van der Waals surface area contributed by atoms with E-state index in [1.165, 1.54) is 37.4 Å². The average molecular weight is 527 g/mol. The fourth-order valence-electron chi connectivity index (χ4n) is 5.23. The minimum Gasteiger partial charge on any atom is -0.496 e. The molecule has 7 nitrogen and oxygen atoms in total. The first kappa shape index (κ1) is 24.4. The summed E-state index contributed by atoms with van der Waals surface area (Å²) in [4.78, 5) is 22.5. The number of aromatic amines is 1. The summed E-state index contributed by atoms with van der Waals surface area (Å²) in [7, 11) is 3.31. The van der Waals surface area contributed by atoms with Crippen molar-refractivity contribution >= 4 is 29.4 Å². The topological polar surface area (TPSA) is 82.8 Å². The summed E-state index contributed by atoms with van der Waals surface area (Å²) in [5.74, 6) is -0.871. The van der Waals surface area contributed by atoms with Gasteiger partial charge in [-0.3, -0.25) is 4.79 Å². The van der Waals surface area contributed by atoms with Crippen LogP contribution in [0.1, 0.15) is 11.1 Å². The molecule has 0 atom stereocenters. The second kappa shape index (κ2) is 9.43. The highest BCUT2D eigenvalue weighted by atomic mass is 19.1. The number of nitrogens with one attached hydrogen (secondary N) is 1. The zero-order valence-electron chi connectivity index (χ0n) is 21.2. The van der Waals surface area contributed by atoms with Crippen LogP contribution < -0.4 is 25.6 Å². The van der Waals surface area contributed by atoms with E-state index in [9.17, 15) is 18.7 Å². The van der Waals surface area contributed by atoms with Crippen LogP contribution >= 0.6 is 0 Å². The molecular weight excluding hydrogens is 502 g/mol. The van der Waals surface area contributed by atoms with Crippen molar-refractivity contribution in [2.75, 3.05) is 18.6 Å². The molecule has 1 aliphatic heterocycles. The van der Waals surface area contributed by atoms with Gasteiger partial charge in [0.15, 0.2) is 5.88 Å². The number of pyridine rings is 1. The highest BCUT2D eigenvalue weighted by molar-refractivity contribution is 5.91. The van der Waals surface area contributed by atoms with Crippen molar-refractivity contribution in [3.8, 4) is 22.9 Å². The second-order valence-electron chi connectivity index (χ2n) is 9.36. The molecular formula is C30H24F2N4O3. The molecule has 0 spiro atoms. The smallest absolute Gasteiger partial charge is 0.250 e. The summed E-state index contributed by atoms with van der Waals surface area (Å²) in [5.41, 5.74) is 3.88. The molecule has 4 aromatic rings. The lowest BCUT2D eigenvalue weighted by molar-refractivity contribution is -0.117. The summed E-state index contributed by atoms with van der Waals surface area (Å²) in [6, 6.07) is 12.0. The fraction of sp³-hybridized carbons (Fsp3) is 0.133. The van der Waals surface area contributed by atoms with Crippen molar-refractivity contribution in [2.45, 2.75) is 6.42 Å². The Labute approximate surface area is 222 Å². The number of H-pyrrole nitrogens is 1. The van der Waals surface area contributed by atoms with E-state index in [2.05, 4.69) is 9.98 Å². The number of aryl methyl sites for hydroxylation is 1. The maximum absolute atomic E-state index is 13.8. The van der Waals surface area contributed by atoms with Crippen molar-refractivity contribution in [1.82, 2.24) is 9.55 Å². The van der Waals surface area contributed by atoms with E-state index in [4.69, 9.17) is 4.74 Å². The van der Waals surface area contributed by atoms with E-state index in [1.54, 1.807) is 24.4 Å². The van der Waals surface area contributed by atoms with Crippen LogP contribution in [0.4, 0.5) is 14.5 Å². The third-order valence-corrected chi connectivity index (χ3v) is 6.99. The minimum atomic E-state index is -0.471. The molecule has 2 aromatic carbocycles. The molecule has 0 bridgehead atoms. The van der Waals surface area contributed by atoms with Gasteiger partial charge < -0.3 is 24.3 Å². The van der Waals surface area contributed by atoms with Crippen LogP contribution in [-0.2, 0) is 18.3 Å². The molecule has 3 heterocycles. The first-order valence-corrected chi connectivity index (χ1v) is 12.3. The Balaban J connectivity index is 1.50. The Kier molecular flexibility index (Phi) is 5.91. The predicted molar refractivity (Wildman–Crippen MR) is 144 cm³/mol. The van der Waals surface area contributed by atoms with Gasteiger partial charge in [0.1, 0.15) is 17.4 Å². The highest BCUT2D eigenvalue weighted by Gasteiger charge is 2.26. The van der Waals surface area contributed by atoms with Gasteiger partial charge >= 0.3 is 0 Å². The van der Waals surface area contributed by atoms with Gasteiger partial charge in [0.05, 0.1) is 35.8 Å². The number of fused-ring (bicyclic) bond motifs is 2. The number of aromatic hydroxyl groups is 1. The van der Waals surface area contributed by atoms with Gasteiger partial charge in [-0.2, -0.15) is 0 Å². The third kappa shape index (κ3) is 4.21. The monoisotopic (exact) mass is 526 g/mol. The van der Waals surface area contributed by atoms with E-state index < -0.39 is 11.7 Å². The number of nitrogens with zero attached hydrogens (tertiary/aromatic N) is 3. The van der Waals surface area contributed by atoms with Crippen LogP contribution in [0.2, 0.25) is 0 Å². The third-order valence-electron chi connectivity index (χ3n) is 6.99. The number of halogens is 2. The summed E-state index contributed by atoms with van der Waals surface area (Å²) >= 11 is 0. The van der Waals surface area contributed by atoms with Crippen LogP contribution in [0.15, 0.2) is 65.8 Å². The van der Waals surface area contributed by atoms with Crippen LogP contribution in [0, 0.1) is 11.6 Å². The lowest BCUT2D eigenvalue weighted by Crippen LogP contribution is -2.39. The molecule has 39 heavy (non-hydrogen) atoms. The number of carbonyl (C=O) groups excluding carboxylic acids is 1. The Bertz CT molecular complexity index is 1870. The van der Waals surface area contributed by atoms with Crippen molar-refractivity contribution in [2.24, 2.45) is 12.0 Å². The highest BCUT2D eigenvalue weighted by Crippen LogP contribution is 2.31. The molecule has 1 amide bonds. The van der Waals surface area contributed by atoms with E-state index >= 15 is 0 Å². The Morgan fingerprint density at radius 3 is 2.64 bits per heavy atom. The summed E-state index contributed by atoms with van der Waals surface area (Å²) in [6.45, 7) is 0.505. The first-order valence-electron chi connectivity index (χ1n) is 12.3. The molecule has 196 valence electrons. The molecule has 2 aromatic heterocycles. The lowest BCUT2D eigenvalue weighted by atomic mass is 10.1. The molecule has 0 saturated heterocycles. The molecule has 6 rings (SSSR count). The van der Waals surface area contributed by atoms with Crippen molar-refractivity contribution in [3.63, 3.8) is 0 Å². The van der Waals surface area contributed by atoms with Gasteiger partial charge in [0.25, 0.3) is 5.91 Å². The first-order chi connectivity index (χ1) is 18.8. The maximum atomic E-state index is 13.8.